The summed E-state index contributed by atoms with van der Waals surface area (Å²) in [7, 11) is 1.05. The number of fused-ring (bicyclic) bond motifs is 1. The molecule has 0 radical (unpaired) electrons. The Morgan fingerprint density at radius 2 is 1.73 bits per heavy atom. The van der Waals surface area contributed by atoms with Gasteiger partial charge in [-0.15, -0.1) is 0 Å². The highest BCUT2D eigenvalue weighted by Crippen LogP contribution is 2.41. The number of aromatic nitrogens is 1. The van der Waals surface area contributed by atoms with Gasteiger partial charge in [0.05, 0.1) is 40.9 Å². The summed E-state index contributed by atoms with van der Waals surface area (Å²) in [6.45, 7) is 1.12. The summed E-state index contributed by atoms with van der Waals surface area (Å²) < 4.78 is 51.8. The topological polar surface area (TPSA) is 172 Å². The predicted octanol–water partition coefficient (Wildman–Crippen LogP) is 5.72. The summed E-state index contributed by atoms with van der Waals surface area (Å²) >= 11 is 0. The molecule has 4 aromatic rings. The van der Waals surface area contributed by atoms with Crippen LogP contribution in [0.15, 0.2) is 53.1 Å². The normalized spacial score (nSPS) is 11.0. The van der Waals surface area contributed by atoms with Gasteiger partial charge in [0.25, 0.3) is 5.91 Å². The van der Waals surface area contributed by atoms with Crippen LogP contribution >= 0.6 is 0 Å². The molecule has 3 N–H and O–H groups in total. The average Bonchev–Trinajstić information content (AvgIpc) is 3.35. The number of carbonyl (C=O) groups is 4. The Morgan fingerprint density at radius 1 is 1.00 bits per heavy atom. The first kappa shape index (κ1) is 28.3. The number of carbonyl (C=O) groups excluding carboxylic acids is 3. The Bertz CT molecular complexity index is 1790. The quantitative estimate of drug-likeness (QED) is 0.247. The number of nitriles is 1. The molecule has 208 valence electrons. The number of hydrogen-bond donors (Lipinski definition) is 3. The highest BCUT2D eigenvalue weighted by Gasteiger charge is 2.35. The van der Waals surface area contributed by atoms with Crippen molar-refractivity contribution in [3.8, 4) is 17.2 Å². The number of ketones is 1. The van der Waals surface area contributed by atoms with E-state index in [1.54, 1.807) is 6.07 Å². The van der Waals surface area contributed by atoms with Crippen LogP contribution in [0.2, 0.25) is 0 Å². The average molecular weight is 566 g/mol. The molecular formula is C27H17F3N4O7. The van der Waals surface area contributed by atoms with Gasteiger partial charge in [0, 0.05) is 11.3 Å². The molecule has 14 heteroatoms. The molecule has 41 heavy (non-hydrogen) atoms. The molecule has 0 aliphatic rings. The molecule has 0 aliphatic carbocycles. The number of halogens is 3. The van der Waals surface area contributed by atoms with Crippen molar-refractivity contribution in [2.75, 3.05) is 17.7 Å². The highest BCUT2D eigenvalue weighted by molar-refractivity contribution is 6.15. The lowest BCUT2D eigenvalue weighted by Crippen LogP contribution is -2.16. The Morgan fingerprint density at radius 3 is 2.34 bits per heavy atom. The van der Waals surface area contributed by atoms with Crippen LogP contribution in [0.5, 0.6) is 0 Å². The van der Waals surface area contributed by atoms with Crippen LogP contribution < -0.4 is 10.6 Å². The fourth-order valence-electron chi connectivity index (χ4n) is 4.00. The molecule has 11 nitrogen and oxygen atoms in total. The molecule has 0 atom stereocenters. The molecule has 0 spiro atoms. The maximum atomic E-state index is 14.1. The van der Waals surface area contributed by atoms with Crippen molar-refractivity contribution in [2.45, 2.75) is 13.1 Å². The van der Waals surface area contributed by atoms with Crippen molar-refractivity contribution in [2.24, 2.45) is 0 Å². The van der Waals surface area contributed by atoms with Crippen LogP contribution in [0.1, 0.15) is 49.3 Å². The molecule has 1 heterocycles. The monoisotopic (exact) mass is 566 g/mol. The van der Waals surface area contributed by atoms with E-state index < -0.39 is 41.1 Å². The number of rotatable bonds is 6. The largest absolute Gasteiger partial charge is 0.478 e. The minimum Gasteiger partial charge on any atom is -0.478 e. The molecule has 0 saturated carbocycles. The van der Waals surface area contributed by atoms with Gasteiger partial charge >= 0.3 is 18.2 Å². The smallest absolute Gasteiger partial charge is 0.417 e. The summed E-state index contributed by atoms with van der Waals surface area (Å²) in [6.07, 6.45) is -5.89. The second kappa shape index (κ2) is 10.8. The van der Waals surface area contributed by atoms with E-state index in [4.69, 9.17) is 9.78 Å². The van der Waals surface area contributed by atoms with Crippen molar-refractivity contribution >= 4 is 46.1 Å². The maximum Gasteiger partial charge on any atom is 0.417 e. The molecule has 0 aliphatic heterocycles. The maximum absolute atomic E-state index is 14.1. The number of carboxylic acids is 1. The van der Waals surface area contributed by atoms with Crippen LogP contribution in [0.25, 0.3) is 22.1 Å². The van der Waals surface area contributed by atoms with Gasteiger partial charge in [0.1, 0.15) is 0 Å². The fourth-order valence-corrected chi connectivity index (χ4v) is 4.00. The molecular weight excluding hydrogens is 549 g/mol. The van der Waals surface area contributed by atoms with Gasteiger partial charge in [-0.1, -0.05) is 11.2 Å². The lowest BCUT2D eigenvalue weighted by molar-refractivity contribution is -0.137. The van der Waals surface area contributed by atoms with Crippen LogP contribution in [0, 0.1) is 11.3 Å². The number of methoxy groups -OCH3 is 1. The third-order valence-corrected chi connectivity index (χ3v) is 5.88. The van der Waals surface area contributed by atoms with E-state index in [1.807, 2.05) is 0 Å². The van der Waals surface area contributed by atoms with Crippen molar-refractivity contribution in [3.05, 3.63) is 76.5 Å². The lowest BCUT2D eigenvalue weighted by atomic mass is 9.91. The number of Topliss-reactive ketones (excluding diaryl/α,β-unsaturated/α-hetero) is 1. The van der Waals surface area contributed by atoms with E-state index in [-0.39, 0.29) is 50.3 Å². The number of nitrogens with one attached hydrogen (secondary N) is 2. The molecule has 0 bridgehead atoms. The second-order valence-electron chi connectivity index (χ2n) is 8.49. The van der Waals surface area contributed by atoms with Crippen molar-refractivity contribution in [1.29, 1.82) is 5.26 Å². The first-order chi connectivity index (χ1) is 19.3. The molecule has 4 rings (SSSR count). The van der Waals surface area contributed by atoms with Gasteiger partial charge in [-0.2, -0.15) is 18.4 Å². The van der Waals surface area contributed by atoms with E-state index in [2.05, 4.69) is 20.5 Å². The van der Waals surface area contributed by atoms with E-state index in [0.29, 0.717) is 6.07 Å². The number of benzene rings is 3. The van der Waals surface area contributed by atoms with E-state index in [9.17, 15) is 37.5 Å². The van der Waals surface area contributed by atoms with Gasteiger partial charge in [0.15, 0.2) is 17.1 Å². The Kier molecular flexibility index (Phi) is 7.46. The number of alkyl halides is 3. The number of anilines is 2. The molecule has 0 saturated heterocycles. The van der Waals surface area contributed by atoms with Crippen molar-refractivity contribution in [3.63, 3.8) is 0 Å². The van der Waals surface area contributed by atoms with E-state index in [1.165, 1.54) is 18.2 Å². The molecule has 3 aromatic carbocycles. The van der Waals surface area contributed by atoms with Crippen LogP contribution in [-0.4, -0.2) is 41.1 Å². The first-order valence-corrected chi connectivity index (χ1v) is 11.4. The number of carboxylic acid groups (broad SMARTS) is 1. The third-order valence-electron chi connectivity index (χ3n) is 5.88. The summed E-state index contributed by atoms with van der Waals surface area (Å²) in [6, 6.07) is 10.5. The molecule has 0 fully saturated rings. The number of nitrogens with zero attached hydrogens (tertiary/aromatic N) is 2. The molecule has 0 unspecified atom stereocenters. The minimum atomic E-state index is -4.90. The Labute approximate surface area is 228 Å². The Hall–Kier alpha value is -5.71. The van der Waals surface area contributed by atoms with E-state index in [0.717, 1.165) is 38.3 Å². The minimum absolute atomic E-state index is 0.0282. The standard InChI is InChI=1S/C27H17F3N4O7/c1-12(35)16-9-19-22(10-17(16)15-5-4-14(32-26(39)40-2)8-20(15)27(28,29)30)41-34-23(19)24(36)33-21-6-3-13(11-31)7-18(21)25(37)38/h3-10H,1-2H3,(H,32,39)(H,33,36)(H,37,38). The summed E-state index contributed by atoms with van der Waals surface area (Å²) in [5.74, 6) is -2.99. The summed E-state index contributed by atoms with van der Waals surface area (Å²) in [4.78, 5) is 48.7. The van der Waals surface area contributed by atoms with Crippen molar-refractivity contribution in [1.82, 2.24) is 5.16 Å². The van der Waals surface area contributed by atoms with Gasteiger partial charge in [0.2, 0.25) is 0 Å². The number of ether oxygens (including phenoxy) is 1. The van der Waals surface area contributed by atoms with Crippen LogP contribution in [0.4, 0.5) is 29.3 Å². The molecule has 2 amide bonds. The highest BCUT2D eigenvalue weighted by atomic mass is 19.4. The third kappa shape index (κ3) is 5.69. The van der Waals surface area contributed by atoms with Crippen LogP contribution in [-0.2, 0) is 10.9 Å². The zero-order valence-corrected chi connectivity index (χ0v) is 21.0. The van der Waals surface area contributed by atoms with E-state index >= 15 is 0 Å². The van der Waals surface area contributed by atoms with Gasteiger partial charge < -0.3 is 19.7 Å². The van der Waals surface area contributed by atoms with Gasteiger partial charge in [-0.3, -0.25) is 14.9 Å². The van der Waals surface area contributed by atoms with Gasteiger partial charge in [-0.05, 0) is 60.5 Å². The number of hydrogen-bond acceptors (Lipinski definition) is 8. The fraction of sp³-hybridized carbons (Fsp3) is 0.111. The molecule has 1 aromatic heterocycles. The van der Waals surface area contributed by atoms with Gasteiger partial charge in [-0.25, -0.2) is 9.59 Å². The summed E-state index contributed by atoms with van der Waals surface area (Å²) in [5, 5.41) is 26.6. The SMILES string of the molecule is COC(=O)Nc1ccc(-c2cc3onc(C(=O)Nc4ccc(C#N)cc4C(=O)O)c3cc2C(C)=O)c(C(F)(F)F)c1. The summed E-state index contributed by atoms with van der Waals surface area (Å²) in [5.41, 5.74) is -3.17. The zero-order valence-electron chi connectivity index (χ0n) is 21.0. The Balaban J connectivity index is 1.82. The predicted molar refractivity (Wildman–Crippen MR) is 137 cm³/mol. The second-order valence-corrected chi connectivity index (χ2v) is 8.49. The van der Waals surface area contributed by atoms with Crippen molar-refractivity contribution < 1.29 is 46.7 Å². The zero-order chi connectivity index (χ0) is 30.1. The van der Waals surface area contributed by atoms with Crippen LogP contribution in [0.3, 0.4) is 0 Å². The lowest BCUT2D eigenvalue weighted by Gasteiger charge is -2.17. The first-order valence-electron chi connectivity index (χ1n) is 11.4. The number of amides is 2. The number of aromatic carboxylic acids is 1.